The molecule has 0 radical (unpaired) electrons. The maximum Gasteiger partial charge on any atom is 0.161 e. The van der Waals surface area contributed by atoms with Gasteiger partial charge in [0.15, 0.2) is 11.5 Å². The Morgan fingerprint density at radius 2 is 1.65 bits per heavy atom. The minimum absolute atomic E-state index is 0.303. The smallest absolute Gasteiger partial charge is 0.161 e. The first-order valence-corrected chi connectivity index (χ1v) is 12.0. The Morgan fingerprint density at radius 1 is 0.912 bits per heavy atom. The van der Waals surface area contributed by atoms with E-state index in [1.807, 2.05) is 43.3 Å². The molecule has 3 aromatic rings. The average molecular weight is 472 g/mol. The maximum absolute atomic E-state index is 9.31. The van der Waals surface area contributed by atoms with Gasteiger partial charge in [-0.05, 0) is 36.8 Å². The fraction of sp³-hybridized carbons (Fsp3) is 0.286. The largest absolute Gasteiger partial charge is 0.490 e. The average Bonchev–Trinajstić information content (AvgIpc) is 2.89. The molecule has 1 fully saturated rings. The molecule has 0 saturated carbocycles. The lowest BCUT2D eigenvalue weighted by Crippen LogP contribution is -2.48. The zero-order chi connectivity index (χ0) is 23.8. The van der Waals surface area contributed by atoms with Gasteiger partial charge < -0.3 is 14.4 Å². The van der Waals surface area contributed by atoms with Crippen molar-refractivity contribution < 1.29 is 9.47 Å². The minimum atomic E-state index is 0.303. The molecular weight excluding hydrogens is 442 g/mol. The van der Waals surface area contributed by atoms with E-state index in [4.69, 9.17) is 21.7 Å². The lowest BCUT2D eigenvalue weighted by atomic mass is 10.1. The molecule has 174 valence electrons. The lowest BCUT2D eigenvalue weighted by Gasteiger charge is -2.36. The second-order valence-corrected chi connectivity index (χ2v) is 8.59. The summed E-state index contributed by atoms with van der Waals surface area (Å²) in [5, 5.41) is 9.31. The molecule has 34 heavy (non-hydrogen) atoms. The SMILES string of the molecule is CCOc1cc(C(=S)N2CCN(Cc3ccccc3)CC2)ccc1OCc1ccccc1C#N. The second kappa shape index (κ2) is 11.6. The van der Waals surface area contributed by atoms with Crippen molar-refractivity contribution in [2.75, 3.05) is 32.8 Å². The highest BCUT2D eigenvalue weighted by atomic mass is 32.1. The quantitative estimate of drug-likeness (QED) is 0.430. The van der Waals surface area contributed by atoms with E-state index in [1.165, 1.54) is 5.56 Å². The summed E-state index contributed by atoms with van der Waals surface area (Å²) in [5.41, 5.74) is 3.76. The molecule has 0 N–H and O–H groups in total. The summed E-state index contributed by atoms with van der Waals surface area (Å²) in [5.74, 6) is 1.31. The fourth-order valence-corrected chi connectivity index (χ4v) is 4.38. The first-order valence-electron chi connectivity index (χ1n) is 11.6. The number of hydrogen-bond donors (Lipinski definition) is 0. The van der Waals surface area contributed by atoms with Crippen LogP contribution >= 0.6 is 12.2 Å². The molecule has 0 amide bonds. The number of nitriles is 1. The Kier molecular flexibility index (Phi) is 8.13. The third-order valence-corrected chi connectivity index (χ3v) is 6.41. The Labute approximate surface area is 207 Å². The molecule has 0 bridgehead atoms. The van der Waals surface area contributed by atoms with E-state index >= 15 is 0 Å². The van der Waals surface area contributed by atoms with E-state index < -0.39 is 0 Å². The van der Waals surface area contributed by atoms with Crippen LogP contribution in [0.4, 0.5) is 0 Å². The van der Waals surface area contributed by atoms with E-state index in [-0.39, 0.29) is 0 Å². The Balaban J connectivity index is 1.39. The van der Waals surface area contributed by atoms with Crippen molar-refractivity contribution in [3.63, 3.8) is 0 Å². The van der Waals surface area contributed by atoms with Crippen LogP contribution < -0.4 is 9.47 Å². The summed E-state index contributed by atoms with van der Waals surface area (Å²) < 4.78 is 11.9. The van der Waals surface area contributed by atoms with Crippen molar-refractivity contribution in [2.45, 2.75) is 20.1 Å². The highest BCUT2D eigenvalue weighted by Gasteiger charge is 2.21. The van der Waals surface area contributed by atoms with Crippen LogP contribution in [-0.2, 0) is 13.2 Å². The predicted octanol–water partition coefficient (Wildman–Crippen LogP) is 5.03. The van der Waals surface area contributed by atoms with Crippen LogP contribution in [0.15, 0.2) is 72.8 Å². The number of rotatable bonds is 8. The van der Waals surface area contributed by atoms with Crippen molar-refractivity contribution in [3.05, 3.63) is 95.1 Å². The van der Waals surface area contributed by atoms with Gasteiger partial charge in [-0.3, -0.25) is 4.90 Å². The van der Waals surface area contributed by atoms with Gasteiger partial charge in [0.25, 0.3) is 0 Å². The van der Waals surface area contributed by atoms with E-state index in [0.717, 1.165) is 48.8 Å². The van der Waals surface area contributed by atoms with Crippen LogP contribution in [0.5, 0.6) is 11.5 Å². The molecule has 5 nitrogen and oxygen atoms in total. The molecular formula is C28H29N3O2S. The van der Waals surface area contributed by atoms with Gasteiger partial charge in [0.1, 0.15) is 11.6 Å². The first kappa shape index (κ1) is 23.7. The van der Waals surface area contributed by atoms with Gasteiger partial charge in [-0.25, -0.2) is 0 Å². The molecule has 4 rings (SSSR count). The van der Waals surface area contributed by atoms with Gasteiger partial charge in [0.05, 0.1) is 18.2 Å². The van der Waals surface area contributed by atoms with Crippen molar-refractivity contribution in [1.29, 1.82) is 5.26 Å². The molecule has 1 saturated heterocycles. The molecule has 1 heterocycles. The summed E-state index contributed by atoms with van der Waals surface area (Å²) in [6, 6.07) is 26.1. The molecule has 6 heteroatoms. The predicted molar refractivity (Wildman–Crippen MR) is 138 cm³/mol. The molecule has 1 aliphatic heterocycles. The summed E-state index contributed by atoms with van der Waals surface area (Å²) in [4.78, 5) is 5.57. The van der Waals surface area contributed by atoms with Crippen molar-refractivity contribution in [3.8, 4) is 17.6 Å². The Morgan fingerprint density at radius 3 is 2.38 bits per heavy atom. The van der Waals surface area contributed by atoms with Crippen LogP contribution in [0.25, 0.3) is 0 Å². The normalized spacial score (nSPS) is 13.8. The Bertz CT molecular complexity index is 1150. The monoisotopic (exact) mass is 471 g/mol. The van der Waals surface area contributed by atoms with E-state index in [9.17, 15) is 5.26 Å². The summed E-state index contributed by atoms with van der Waals surface area (Å²) in [6.07, 6.45) is 0. The van der Waals surface area contributed by atoms with Gasteiger partial charge >= 0.3 is 0 Å². The second-order valence-electron chi connectivity index (χ2n) is 8.21. The first-order chi connectivity index (χ1) is 16.7. The highest BCUT2D eigenvalue weighted by Crippen LogP contribution is 2.30. The van der Waals surface area contributed by atoms with Crippen LogP contribution in [0.2, 0.25) is 0 Å². The lowest BCUT2D eigenvalue weighted by molar-refractivity contribution is 0.177. The summed E-state index contributed by atoms with van der Waals surface area (Å²) >= 11 is 5.84. The topological polar surface area (TPSA) is 48.7 Å². The van der Waals surface area contributed by atoms with Crippen LogP contribution in [0, 0.1) is 11.3 Å². The standard InChI is InChI=1S/C28H29N3O2S/c1-2-32-27-18-23(12-13-26(27)33-21-25-11-7-6-10-24(25)19-29)28(34)31-16-14-30(15-17-31)20-22-8-4-3-5-9-22/h3-13,18H,2,14-17,20-21H2,1H3. The van der Waals surface area contributed by atoms with Crippen LogP contribution in [0.3, 0.4) is 0 Å². The third kappa shape index (κ3) is 5.93. The van der Waals surface area contributed by atoms with Gasteiger partial charge in [0.2, 0.25) is 0 Å². The van der Waals surface area contributed by atoms with E-state index in [1.54, 1.807) is 6.07 Å². The third-order valence-electron chi connectivity index (χ3n) is 5.92. The fourth-order valence-electron chi connectivity index (χ4n) is 4.07. The van der Waals surface area contributed by atoms with Gasteiger partial charge in [-0.2, -0.15) is 5.26 Å². The molecule has 0 atom stereocenters. The van der Waals surface area contributed by atoms with Crippen LogP contribution in [-0.4, -0.2) is 47.6 Å². The van der Waals surface area contributed by atoms with E-state index in [2.05, 4.69) is 46.2 Å². The van der Waals surface area contributed by atoms with E-state index in [0.29, 0.717) is 30.3 Å². The molecule has 3 aromatic carbocycles. The van der Waals surface area contributed by atoms with Gasteiger partial charge in [0, 0.05) is 43.9 Å². The maximum atomic E-state index is 9.31. The number of benzene rings is 3. The summed E-state index contributed by atoms with van der Waals surface area (Å²) in [7, 11) is 0. The van der Waals surface area contributed by atoms with Gasteiger partial charge in [-0.1, -0.05) is 60.7 Å². The molecule has 0 unspecified atom stereocenters. The highest BCUT2D eigenvalue weighted by molar-refractivity contribution is 7.80. The molecule has 0 aliphatic carbocycles. The number of ether oxygens (including phenoxy) is 2. The molecule has 1 aliphatic rings. The zero-order valence-corrected chi connectivity index (χ0v) is 20.3. The van der Waals surface area contributed by atoms with Crippen molar-refractivity contribution in [2.24, 2.45) is 0 Å². The van der Waals surface area contributed by atoms with Crippen LogP contribution in [0.1, 0.15) is 29.2 Å². The zero-order valence-electron chi connectivity index (χ0n) is 19.4. The van der Waals surface area contributed by atoms with Gasteiger partial charge in [-0.15, -0.1) is 0 Å². The van der Waals surface area contributed by atoms with Crippen molar-refractivity contribution >= 4 is 17.2 Å². The Hall–Kier alpha value is -3.40. The summed E-state index contributed by atoms with van der Waals surface area (Å²) in [6.45, 7) is 7.51. The molecule has 0 spiro atoms. The minimum Gasteiger partial charge on any atom is -0.490 e. The number of piperazine rings is 1. The number of thiocarbonyl (C=S) groups is 1. The molecule has 0 aromatic heterocycles. The number of hydrogen-bond acceptors (Lipinski definition) is 5. The number of nitrogens with zero attached hydrogens (tertiary/aromatic N) is 3. The van der Waals surface area contributed by atoms with Crippen molar-refractivity contribution in [1.82, 2.24) is 9.80 Å².